The summed E-state index contributed by atoms with van der Waals surface area (Å²) in [6.45, 7) is 4.33. The lowest BCUT2D eigenvalue weighted by atomic mass is 9.83. The van der Waals surface area contributed by atoms with Gasteiger partial charge in [0.15, 0.2) is 0 Å². The summed E-state index contributed by atoms with van der Waals surface area (Å²) in [7, 11) is 2.08. The standard InChI is InChI=1S/C25H32F3N3O/c1-17-5-6-23(22-4-3-9-29-24(17)22)31-15-19(12-20(16-31)25(26,27)28)14-21(32)13-18-7-10-30(2)11-8-18/h3-6,9,18-20H,7-8,10-16H2,1-2H3/t19-,20-/m0/s1. The van der Waals surface area contributed by atoms with E-state index in [1.54, 1.807) is 6.20 Å². The molecule has 0 unspecified atom stereocenters. The Morgan fingerprint density at radius 1 is 1.09 bits per heavy atom. The molecule has 0 radical (unpaired) electrons. The third kappa shape index (κ3) is 5.25. The van der Waals surface area contributed by atoms with Crippen LogP contribution in [0.3, 0.4) is 0 Å². The fraction of sp³-hybridized carbons (Fsp3) is 0.600. The number of halogens is 3. The fourth-order valence-electron chi connectivity index (χ4n) is 5.35. The number of fused-ring (bicyclic) bond motifs is 1. The van der Waals surface area contributed by atoms with Crippen molar-refractivity contribution in [3.63, 3.8) is 0 Å². The Labute approximate surface area is 187 Å². The van der Waals surface area contributed by atoms with Crippen molar-refractivity contribution in [2.24, 2.45) is 17.8 Å². The van der Waals surface area contributed by atoms with Gasteiger partial charge in [-0.1, -0.05) is 6.07 Å². The number of anilines is 1. The molecular formula is C25H32F3N3O. The SMILES string of the molecule is Cc1ccc(N2C[C@H](CC(=O)CC3CCN(C)CC3)C[C@H](C(F)(F)F)C2)c2cccnc12. The van der Waals surface area contributed by atoms with Gasteiger partial charge in [-0.3, -0.25) is 9.78 Å². The zero-order chi connectivity index (χ0) is 22.9. The molecule has 0 amide bonds. The average Bonchev–Trinajstić information content (AvgIpc) is 2.75. The first kappa shape index (κ1) is 23.0. The van der Waals surface area contributed by atoms with Crippen LogP contribution in [0.15, 0.2) is 30.5 Å². The smallest absolute Gasteiger partial charge is 0.370 e. The van der Waals surface area contributed by atoms with Gasteiger partial charge < -0.3 is 9.80 Å². The van der Waals surface area contributed by atoms with Crippen LogP contribution in [0.1, 0.15) is 37.7 Å². The monoisotopic (exact) mass is 447 g/mol. The molecule has 2 saturated heterocycles. The molecule has 174 valence electrons. The highest BCUT2D eigenvalue weighted by Gasteiger charge is 2.45. The number of Topliss-reactive ketones (excluding diaryl/α,β-unsaturated/α-hetero) is 1. The van der Waals surface area contributed by atoms with E-state index in [0.717, 1.165) is 48.1 Å². The lowest BCUT2D eigenvalue weighted by Gasteiger charge is -2.40. The second kappa shape index (κ2) is 9.38. The van der Waals surface area contributed by atoms with E-state index in [2.05, 4.69) is 16.9 Å². The summed E-state index contributed by atoms with van der Waals surface area (Å²) in [5.74, 6) is -1.24. The number of aromatic nitrogens is 1. The first-order chi connectivity index (χ1) is 15.2. The third-order valence-corrected chi connectivity index (χ3v) is 7.16. The van der Waals surface area contributed by atoms with Crippen LogP contribution in [0.2, 0.25) is 0 Å². The van der Waals surface area contributed by atoms with Crippen LogP contribution in [-0.2, 0) is 4.79 Å². The molecule has 4 nitrogen and oxygen atoms in total. The van der Waals surface area contributed by atoms with Crippen LogP contribution in [0.25, 0.3) is 10.9 Å². The van der Waals surface area contributed by atoms with E-state index >= 15 is 0 Å². The second-order valence-electron chi connectivity index (χ2n) is 9.74. The van der Waals surface area contributed by atoms with Crippen molar-refractivity contribution in [1.29, 1.82) is 0 Å². The molecule has 0 saturated carbocycles. The Morgan fingerprint density at radius 3 is 2.53 bits per heavy atom. The Kier molecular flexibility index (Phi) is 6.75. The van der Waals surface area contributed by atoms with E-state index in [1.165, 1.54) is 0 Å². The molecule has 2 aliphatic heterocycles. The molecular weight excluding hydrogens is 415 g/mol. The largest absolute Gasteiger partial charge is 0.393 e. The zero-order valence-corrected chi connectivity index (χ0v) is 18.9. The number of ketones is 1. The van der Waals surface area contributed by atoms with Crippen LogP contribution in [0.4, 0.5) is 18.9 Å². The van der Waals surface area contributed by atoms with Crippen molar-refractivity contribution in [3.8, 4) is 0 Å². The summed E-state index contributed by atoms with van der Waals surface area (Å²) in [5.41, 5.74) is 2.59. The van der Waals surface area contributed by atoms with Gasteiger partial charge in [-0.25, -0.2) is 0 Å². The molecule has 3 heterocycles. The van der Waals surface area contributed by atoms with Crippen LogP contribution in [-0.4, -0.2) is 55.1 Å². The minimum atomic E-state index is -4.27. The molecule has 1 aromatic heterocycles. The van der Waals surface area contributed by atoms with E-state index in [1.807, 2.05) is 36.1 Å². The molecule has 0 bridgehead atoms. The van der Waals surface area contributed by atoms with E-state index < -0.39 is 12.1 Å². The lowest BCUT2D eigenvalue weighted by molar-refractivity contribution is -0.179. The van der Waals surface area contributed by atoms with Gasteiger partial charge in [0.05, 0.1) is 11.4 Å². The molecule has 0 spiro atoms. The topological polar surface area (TPSA) is 36.4 Å². The number of aryl methyl sites for hydroxylation is 1. The molecule has 0 N–H and O–H groups in total. The van der Waals surface area contributed by atoms with Crippen molar-refractivity contribution < 1.29 is 18.0 Å². The van der Waals surface area contributed by atoms with Crippen molar-refractivity contribution in [3.05, 3.63) is 36.0 Å². The van der Waals surface area contributed by atoms with E-state index in [0.29, 0.717) is 18.9 Å². The highest BCUT2D eigenvalue weighted by molar-refractivity contribution is 5.93. The number of likely N-dealkylation sites (tertiary alicyclic amines) is 1. The summed E-state index contributed by atoms with van der Waals surface area (Å²) in [5, 5.41) is 0.867. The van der Waals surface area contributed by atoms with Gasteiger partial charge in [-0.05, 0) is 81.9 Å². The van der Waals surface area contributed by atoms with Gasteiger partial charge in [-0.2, -0.15) is 13.2 Å². The molecule has 2 aliphatic rings. The van der Waals surface area contributed by atoms with Gasteiger partial charge in [0.25, 0.3) is 0 Å². The number of nitrogens with zero attached hydrogens (tertiary/aromatic N) is 3. The maximum absolute atomic E-state index is 13.8. The Balaban J connectivity index is 1.52. The summed E-state index contributed by atoms with van der Waals surface area (Å²) >= 11 is 0. The second-order valence-corrected chi connectivity index (χ2v) is 9.74. The maximum Gasteiger partial charge on any atom is 0.393 e. The van der Waals surface area contributed by atoms with Crippen LogP contribution in [0, 0.1) is 24.7 Å². The number of hydrogen-bond acceptors (Lipinski definition) is 4. The summed E-state index contributed by atoms with van der Waals surface area (Å²) in [6.07, 6.45) is 0.182. The Bertz CT molecular complexity index is 953. The number of pyridine rings is 1. The number of benzene rings is 1. The van der Waals surface area contributed by atoms with Gasteiger partial charge in [0.2, 0.25) is 0 Å². The van der Waals surface area contributed by atoms with Gasteiger partial charge >= 0.3 is 6.18 Å². The van der Waals surface area contributed by atoms with E-state index in [4.69, 9.17) is 0 Å². The molecule has 2 aromatic rings. The van der Waals surface area contributed by atoms with Gasteiger partial charge in [-0.15, -0.1) is 0 Å². The predicted molar refractivity (Wildman–Crippen MR) is 121 cm³/mol. The molecule has 2 atom stereocenters. The van der Waals surface area contributed by atoms with Crippen molar-refractivity contribution in [1.82, 2.24) is 9.88 Å². The van der Waals surface area contributed by atoms with E-state index in [-0.39, 0.29) is 31.1 Å². The highest BCUT2D eigenvalue weighted by atomic mass is 19.4. The lowest BCUT2D eigenvalue weighted by Crippen LogP contribution is -2.46. The molecule has 32 heavy (non-hydrogen) atoms. The van der Waals surface area contributed by atoms with Crippen LogP contribution >= 0.6 is 0 Å². The number of carbonyl (C=O) groups excluding carboxylic acids is 1. The summed E-state index contributed by atoms with van der Waals surface area (Å²) in [4.78, 5) is 21.3. The van der Waals surface area contributed by atoms with Crippen molar-refractivity contribution in [2.75, 3.05) is 38.1 Å². The Morgan fingerprint density at radius 2 is 1.81 bits per heavy atom. The van der Waals surface area contributed by atoms with Crippen molar-refractivity contribution >= 4 is 22.4 Å². The van der Waals surface area contributed by atoms with Crippen LogP contribution in [0.5, 0.6) is 0 Å². The van der Waals surface area contributed by atoms with Crippen molar-refractivity contribution in [2.45, 2.75) is 45.2 Å². The number of piperidine rings is 2. The quantitative estimate of drug-likeness (QED) is 0.628. The minimum Gasteiger partial charge on any atom is -0.370 e. The maximum atomic E-state index is 13.8. The number of hydrogen-bond donors (Lipinski definition) is 0. The fourth-order valence-corrected chi connectivity index (χ4v) is 5.35. The third-order valence-electron chi connectivity index (χ3n) is 7.16. The zero-order valence-electron chi connectivity index (χ0n) is 18.9. The van der Waals surface area contributed by atoms with Crippen LogP contribution < -0.4 is 4.90 Å². The number of carbonyl (C=O) groups is 1. The van der Waals surface area contributed by atoms with Gasteiger partial charge in [0.1, 0.15) is 5.78 Å². The number of alkyl halides is 3. The summed E-state index contributed by atoms with van der Waals surface area (Å²) < 4.78 is 41.4. The average molecular weight is 448 g/mol. The van der Waals surface area contributed by atoms with Gasteiger partial charge in [0, 0.05) is 43.2 Å². The molecule has 2 fully saturated rings. The Hall–Kier alpha value is -2.15. The first-order valence-electron chi connectivity index (χ1n) is 11.6. The summed E-state index contributed by atoms with van der Waals surface area (Å²) in [6, 6.07) is 7.55. The number of rotatable bonds is 5. The minimum absolute atomic E-state index is 0.0290. The molecule has 1 aromatic carbocycles. The van der Waals surface area contributed by atoms with E-state index in [9.17, 15) is 18.0 Å². The molecule has 0 aliphatic carbocycles. The highest BCUT2D eigenvalue weighted by Crippen LogP contribution is 2.40. The first-order valence-corrected chi connectivity index (χ1v) is 11.6. The predicted octanol–water partition coefficient (Wildman–Crippen LogP) is 5.24. The molecule has 7 heteroatoms. The normalized spacial score (nSPS) is 23.6. The molecule has 4 rings (SSSR count).